The van der Waals surface area contributed by atoms with Crippen molar-refractivity contribution >= 4 is 51.9 Å². The summed E-state index contributed by atoms with van der Waals surface area (Å²) in [4.78, 5) is 50.9. The molecule has 0 radical (unpaired) electrons. The Kier molecular flexibility index (Phi) is 10.5. The summed E-state index contributed by atoms with van der Waals surface area (Å²) >= 11 is 2.13. The summed E-state index contributed by atoms with van der Waals surface area (Å²) in [6.45, 7) is 11.1. The van der Waals surface area contributed by atoms with Crippen LogP contribution in [0, 0.1) is 20.8 Å². The first kappa shape index (κ1) is 30.8. The van der Waals surface area contributed by atoms with Crippen LogP contribution in [0.25, 0.3) is 0 Å². The van der Waals surface area contributed by atoms with Crippen molar-refractivity contribution in [3.8, 4) is 0 Å². The van der Waals surface area contributed by atoms with Crippen LogP contribution in [-0.2, 0) is 27.9 Å². The van der Waals surface area contributed by atoms with Gasteiger partial charge in [-0.15, -0.1) is 21.5 Å². The first-order valence-corrected chi connectivity index (χ1v) is 14.4. The molecule has 0 aliphatic heterocycles. The highest BCUT2D eigenvalue weighted by molar-refractivity contribution is 8.00. The van der Waals surface area contributed by atoms with Gasteiger partial charge in [0.1, 0.15) is 9.88 Å². The van der Waals surface area contributed by atoms with Crippen LogP contribution in [0.5, 0.6) is 0 Å². The monoisotopic (exact) mass is 587 g/mol. The second-order valence-electron chi connectivity index (χ2n) is 8.89. The van der Waals surface area contributed by atoms with E-state index < -0.39 is 23.1 Å². The van der Waals surface area contributed by atoms with Gasteiger partial charge in [0.2, 0.25) is 5.91 Å². The summed E-state index contributed by atoms with van der Waals surface area (Å²) < 4.78 is 11.9. The lowest BCUT2D eigenvalue weighted by molar-refractivity contribution is -0.115. The van der Waals surface area contributed by atoms with Gasteiger partial charge >= 0.3 is 11.9 Å². The molecular formula is C27H33N5O6S2. The fourth-order valence-electron chi connectivity index (χ4n) is 3.61. The number of nitrogens with zero attached hydrogens (tertiary/aromatic N) is 3. The van der Waals surface area contributed by atoms with E-state index in [4.69, 9.17) is 9.47 Å². The van der Waals surface area contributed by atoms with E-state index in [1.165, 1.54) is 0 Å². The van der Waals surface area contributed by atoms with Gasteiger partial charge in [-0.05, 0) is 70.4 Å². The van der Waals surface area contributed by atoms with Crippen LogP contribution in [0.1, 0.15) is 73.7 Å². The number of nitrogens with one attached hydrogen (secondary N) is 2. The molecule has 2 N–H and O–H groups in total. The molecule has 3 aromatic rings. The van der Waals surface area contributed by atoms with E-state index >= 15 is 0 Å². The van der Waals surface area contributed by atoms with Gasteiger partial charge in [0.25, 0.3) is 5.91 Å². The molecule has 0 bridgehead atoms. The Morgan fingerprint density at radius 3 is 2.35 bits per heavy atom. The van der Waals surface area contributed by atoms with E-state index in [1.807, 2.05) is 26.0 Å². The van der Waals surface area contributed by atoms with Crippen molar-refractivity contribution in [3.05, 3.63) is 56.7 Å². The van der Waals surface area contributed by atoms with Gasteiger partial charge in [0.05, 0.1) is 30.6 Å². The number of rotatable bonds is 11. The molecule has 13 heteroatoms. The van der Waals surface area contributed by atoms with Crippen LogP contribution in [0.4, 0.5) is 5.00 Å². The number of esters is 2. The number of carbonyl (C=O) groups is 4. The highest BCUT2D eigenvalue weighted by Crippen LogP contribution is 2.35. The lowest BCUT2D eigenvalue weighted by Gasteiger charge is -2.12. The Bertz CT molecular complexity index is 1430. The first-order chi connectivity index (χ1) is 19.0. The number of thiophene rings is 1. The molecular weight excluding hydrogens is 554 g/mol. The van der Waals surface area contributed by atoms with Crippen LogP contribution in [0.15, 0.2) is 23.4 Å². The predicted molar refractivity (Wildman–Crippen MR) is 153 cm³/mol. The van der Waals surface area contributed by atoms with Gasteiger partial charge < -0.3 is 24.7 Å². The zero-order valence-electron chi connectivity index (χ0n) is 23.5. The third kappa shape index (κ3) is 7.07. The maximum atomic E-state index is 13.1. The van der Waals surface area contributed by atoms with Crippen molar-refractivity contribution in [2.75, 3.05) is 18.5 Å². The number of thioether (sulfide) groups is 1. The number of hydrogen-bond acceptors (Lipinski definition) is 10. The number of hydrogen-bond donors (Lipinski definition) is 2. The van der Waals surface area contributed by atoms with Gasteiger partial charge in [-0.3, -0.25) is 9.59 Å². The number of amides is 2. The van der Waals surface area contributed by atoms with E-state index in [0.29, 0.717) is 22.1 Å². The van der Waals surface area contributed by atoms with Crippen molar-refractivity contribution in [2.45, 2.75) is 58.5 Å². The van der Waals surface area contributed by atoms with Crippen molar-refractivity contribution in [2.24, 2.45) is 7.05 Å². The molecule has 0 aliphatic rings. The minimum atomic E-state index is -0.636. The van der Waals surface area contributed by atoms with Gasteiger partial charge in [-0.2, -0.15) is 0 Å². The smallest absolute Gasteiger partial charge is 0.348 e. The summed E-state index contributed by atoms with van der Waals surface area (Å²) in [5, 5.41) is 14.0. The fourth-order valence-corrected chi connectivity index (χ4v) is 5.54. The minimum absolute atomic E-state index is 0.126. The van der Waals surface area contributed by atoms with E-state index in [-0.39, 0.29) is 41.1 Å². The van der Waals surface area contributed by atoms with Gasteiger partial charge in [0.15, 0.2) is 11.0 Å². The molecule has 2 amide bonds. The third-order valence-corrected chi connectivity index (χ3v) is 8.40. The van der Waals surface area contributed by atoms with Crippen LogP contribution in [0.3, 0.4) is 0 Å². The van der Waals surface area contributed by atoms with Crippen LogP contribution in [0.2, 0.25) is 0 Å². The van der Waals surface area contributed by atoms with Crippen LogP contribution >= 0.6 is 23.1 Å². The number of carbonyl (C=O) groups excluding carboxylic acids is 4. The molecule has 40 heavy (non-hydrogen) atoms. The quantitative estimate of drug-likeness (QED) is 0.249. The van der Waals surface area contributed by atoms with Crippen molar-refractivity contribution in [3.63, 3.8) is 0 Å². The average molecular weight is 588 g/mol. The molecule has 11 nitrogen and oxygen atoms in total. The zero-order chi connectivity index (χ0) is 29.6. The molecule has 1 atom stereocenters. The average Bonchev–Trinajstić information content (AvgIpc) is 3.42. The maximum Gasteiger partial charge on any atom is 0.348 e. The van der Waals surface area contributed by atoms with E-state index in [9.17, 15) is 19.2 Å². The summed E-state index contributed by atoms with van der Waals surface area (Å²) in [7, 11) is 1.75. The van der Waals surface area contributed by atoms with Gasteiger partial charge in [0, 0.05) is 12.6 Å². The molecule has 2 aromatic heterocycles. The molecule has 0 saturated carbocycles. The number of anilines is 1. The number of aryl methyl sites for hydroxylation is 2. The molecule has 3 rings (SSSR count). The van der Waals surface area contributed by atoms with Crippen LogP contribution in [-0.4, -0.2) is 57.0 Å². The SMILES string of the molecule is CCOC(=O)c1sc(NC(=O)[C@@H](C)Sc2nnc(CNC(=O)c3ccc(C)c(C)c3)n2C)c(C(=O)OCC)c1C. The van der Waals surface area contributed by atoms with Crippen molar-refractivity contribution < 1.29 is 28.7 Å². The second kappa shape index (κ2) is 13.6. The molecule has 2 heterocycles. The Hall–Kier alpha value is -3.71. The molecule has 1 aromatic carbocycles. The maximum absolute atomic E-state index is 13.1. The van der Waals surface area contributed by atoms with Gasteiger partial charge in [-0.25, -0.2) is 9.59 Å². The Morgan fingerprint density at radius 1 is 1.02 bits per heavy atom. The van der Waals surface area contributed by atoms with Crippen molar-refractivity contribution in [1.82, 2.24) is 20.1 Å². The summed E-state index contributed by atoms with van der Waals surface area (Å²) in [6, 6.07) is 5.51. The van der Waals surface area contributed by atoms with E-state index in [2.05, 4.69) is 20.8 Å². The molecule has 0 saturated heterocycles. The minimum Gasteiger partial charge on any atom is -0.462 e. The third-order valence-electron chi connectivity index (χ3n) is 6.08. The molecule has 0 aliphatic carbocycles. The number of aromatic nitrogens is 3. The number of benzene rings is 1. The Morgan fingerprint density at radius 2 is 1.70 bits per heavy atom. The zero-order valence-corrected chi connectivity index (χ0v) is 25.2. The lowest BCUT2D eigenvalue weighted by Crippen LogP contribution is -2.25. The predicted octanol–water partition coefficient (Wildman–Crippen LogP) is 4.20. The highest BCUT2D eigenvalue weighted by atomic mass is 32.2. The number of ether oxygens (including phenoxy) is 2. The van der Waals surface area contributed by atoms with E-state index in [1.54, 1.807) is 45.4 Å². The van der Waals surface area contributed by atoms with Crippen LogP contribution < -0.4 is 10.6 Å². The summed E-state index contributed by atoms with van der Waals surface area (Å²) in [6.07, 6.45) is 0. The first-order valence-electron chi connectivity index (χ1n) is 12.7. The summed E-state index contributed by atoms with van der Waals surface area (Å²) in [5.41, 5.74) is 3.21. The molecule has 0 fully saturated rings. The largest absolute Gasteiger partial charge is 0.462 e. The van der Waals surface area contributed by atoms with E-state index in [0.717, 1.165) is 34.2 Å². The normalized spacial score (nSPS) is 11.6. The van der Waals surface area contributed by atoms with Crippen molar-refractivity contribution in [1.29, 1.82) is 0 Å². The summed E-state index contributed by atoms with van der Waals surface area (Å²) in [5.74, 6) is -1.32. The lowest BCUT2D eigenvalue weighted by atomic mass is 10.1. The molecule has 0 spiro atoms. The van der Waals surface area contributed by atoms with Gasteiger partial charge in [-0.1, -0.05) is 17.8 Å². The Balaban J connectivity index is 1.69. The second-order valence-corrected chi connectivity index (χ2v) is 11.2. The topological polar surface area (TPSA) is 142 Å². The fraction of sp³-hybridized carbons (Fsp3) is 0.407. The Labute approximate surface area is 241 Å². The highest BCUT2D eigenvalue weighted by Gasteiger charge is 2.29. The molecule has 214 valence electrons. The standard InChI is InChI=1S/C27H33N5O6S2/c1-8-37-25(35)20-16(5)21(26(36)38-9-2)40-24(20)29-22(33)17(6)39-27-31-30-19(32(27)7)13-28-23(34)18-11-10-14(3)15(4)12-18/h10-12,17H,8-9,13H2,1-7H3,(H,28,34)(H,29,33)/t17-/m1/s1. The molecule has 0 unspecified atom stereocenters.